The molecule has 1 aromatic rings. The largest absolute Gasteiger partial charge is 0.427 e. The predicted molar refractivity (Wildman–Crippen MR) is 85.7 cm³/mol. The topological polar surface area (TPSA) is 64.6 Å². The minimum atomic E-state index is -0.304. The van der Waals surface area contributed by atoms with Crippen LogP contribution in [0.3, 0.4) is 0 Å². The fourth-order valence-corrected chi connectivity index (χ4v) is 1.72. The van der Waals surface area contributed by atoms with Gasteiger partial charge in [-0.05, 0) is 23.8 Å². The molecule has 1 saturated heterocycles. The molecule has 1 atom stereocenters. The summed E-state index contributed by atoms with van der Waals surface area (Å²) in [5, 5.41) is 3.06. The summed E-state index contributed by atoms with van der Waals surface area (Å²) in [4.78, 5) is 21.4. The molecule has 118 valence electrons. The Bertz CT molecular complexity index is 516. The van der Waals surface area contributed by atoms with Gasteiger partial charge in [0.25, 0.3) is 0 Å². The van der Waals surface area contributed by atoms with Crippen LogP contribution in [0.5, 0.6) is 5.75 Å². The first kappa shape index (κ1) is 17.8. The van der Waals surface area contributed by atoms with Gasteiger partial charge in [0.15, 0.2) is 5.78 Å². The fraction of sp³-hybridized carbons (Fsp3) is 0.294. The van der Waals surface area contributed by atoms with Crippen molar-refractivity contribution >= 4 is 17.8 Å². The first-order chi connectivity index (χ1) is 10.6. The maximum absolute atomic E-state index is 10.9. The van der Waals surface area contributed by atoms with Crippen molar-refractivity contribution in [3.05, 3.63) is 49.1 Å². The van der Waals surface area contributed by atoms with E-state index < -0.39 is 0 Å². The number of nitrogens with one attached hydrogen (secondary N) is 1. The number of ketones is 1. The quantitative estimate of drug-likeness (QED) is 0.523. The Balaban J connectivity index is 0.000000224. The van der Waals surface area contributed by atoms with Gasteiger partial charge in [0.05, 0.1) is 6.61 Å². The molecule has 5 nitrogen and oxygen atoms in total. The number of carbonyl (C=O) groups excluding carboxylic acids is 2. The van der Waals surface area contributed by atoms with Crippen LogP contribution in [0, 0.1) is 0 Å². The van der Waals surface area contributed by atoms with E-state index in [4.69, 9.17) is 9.47 Å². The van der Waals surface area contributed by atoms with Crippen molar-refractivity contribution in [1.82, 2.24) is 5.32 Å². The van der Waals surface area contributed by atoms with Gasteiger partial charge in [-0.15, -0.1) is 0 Å². The summed E-state index contributed by atoms with van der Waals surface area (Å²) in [5.74, 6) is 0.224. The van der Waals surface area contributed by atoms with Crippen molar-refractivity contribution < 1.29 is 19.1 Å². The highest BCUT2D eigenvalue weighted by Crippen LogP contribution is 2.12. The van der Waals surface area contributed by atoms with Crippen LogP contribution in [0.15, 0.2) is 43.5 Å². The van der Waals surface area contributed by atoms with E-state index in [1.165, 1.54) is 13.0 Å². The van der Waals surface area contributed by atoms with Gasteiger partial charge in [0, 0.05) is 20.0 Å². The minimum Gasteiger partial charge on any atom is -0.427 e. The lowest BCUT2D eigenvalue weighted by molar-refractivity contribution is -0.132. The van der Waals surface area contributed by atoms with Crippen molar-refractivity contribution in [2.45, 2.75) is 13.0 Å². The molecule has 1 aliphatic rings. The van der Waals surface area contributed by atoms with Crippen LogP contribution in [0.2, 0.25) is 0 Å². The molecule has 5 heteroatoms. The average molecular weight is 303 g/mol. The van der Waals surface area contributed by atoms with Gasteiger partial charge in [0.1, 0.15) is 11.9 Å². The van der Waals surface area contributed by atoms with Crippen LogP contribution < -0.4 is 10.1 Å². The number of hydrogen-bond acceptors (Lipinski definition) is 5. The Morgan fingerprint density at radius 2 is 2.00 bits per heavy atom. The first-order valence-corrected chi connectivity index (χ1v) is 6.96. The molecular formula is C17H21NO4. The summed E-state index contributed by atoms with van der Waals surface area (Å²) < 4.78 is 9.99. The molecule has 22 heavy (non-hydrogen) atoms. The van der Waals surface area contributed by atoms with Crippen LogP contribution in [0.4, 0.5) is 0 Å². The molecular weight excluding hydrogens is 282 g/mol. The molecule has 1 fully saturated rings. The van der Waals surface area contributed by atoms with E-state index in [0.29, 0.717) is 18.9 Å². The zero-order valence-corrected chi connectivity index (χ0v) is 12.7. The number of hydrogen-bond donors (Lipinski definition) is 1. The average Bonchev–Trinajstić information content (AvgIpc) is 2.55. The van der Waals surface area contributed by atoms with Gasteiger partial charge in [-0.25, -0.2) is 0 Å². The van der Waals surface area contributed by atoms with Crippen molar-refractivity contribution in [3.8, 4) is 5.75 Å². The van der Waals surface area contributed by atoms with Gasteiger partial charge >= 0.3 is 5.97 Å². The maximum Gasteiger partial charge on any atom is 0.308 e. The number of carbonyl (C=O) groups is 2. The smallest absolute Gasteiger partial charge is 0.308 e. The summed E-state index contributed by atoms with van der Waals surface area (Å²) in [6.45, 7) is 10.4. The number of benzene rings is 1. The molecule has 0 spiro atoms. The third-order valence-electron chi connectivity index (χ3n) is 2.82. The van der Waals surface area contributed by atoms with Crippen LogP contribution >= 0.6 is 0 Å². The van der Waals surface area contributed by atoms with Crippen molar-refractivity contribution in [3.63, 3.8) is 0 Å². The Morgan fingerprint density at radius 3 is 2.45 bits per heavy atom. The second-order valence-corrected chi connectivity index (χ2v) is 4.54. The standard InChI is InChI=1S/C10H10O2.C7H11NO2/c1-3-9-4-6-10(7-5-9)12-8(2)11;1-2-6(9)7-5-8-3-4-10-7/h3-7H,1H2,2H3;2,7-8H,1,3-5H2. The molecule has 0 aliphatic carbocycles. The van der Waals surface area contributed by atoms with Gasteiger partial charge in [-0.3, -0.25) is 9.59 Å². The Hall–Kier alpha value is -2.24. The Kier molecular flexibility index (Phi) is 7.81. The van der Waals surface area contributed by atoms with Crippen LogP contribution in [-0.4, -0.2) is 37.6 Å². The lowest BCUT2D eigenvalue weighted by Gasteiger charge is -2.20. The number of morpholine rings is 1. The number of esters is 1. The monoisotopic (exact) mass is 303 g/mol. The summed E-state index contributed by atoms with van der Waals surface area (Å²) in [7, 11) is 0. The summed E-state index contributed by atoms with van der Waals surface area (Å²) >= 11 is 0. The maximum atomic E-state index is 10.9. The normalized spacial score (nSPS) is 16.7. The van der Waals surface area contributed by atoms with Gasteiger partial charge < -0.3 is 14.8 Å². The molecule has 0 aromatic heterocycles. The molecule has 0 amide bonds. The summed E-state index contributed by atoms with van der Waals surface area (Å²) in [6.07, 6.45) is 2.74. The number of rotatable bonds is 4. The molecule has 0 saturated carbocycles. The van der Waals surface area contributed by atoms with E-state index >= 15 is 0 Å². The van der Waals surface area contributed by atoms with E-state index in [2.05, 4.69) is 18.5 Å². The fourth-order valence-electron chi connectivity index (χ4n) is 1.72. The SMILES string of the molecule is C=CC(=O)C1CNCCO1.C=Cc1ccc(OC(C)=O)cc1. The van der Waals surface area contributed by atoms with Gasteiger partial charge in [0.2, 0.25) is 0 Å². The molecule has 1 unspecified atom stereocenters. The highest BCUT2D eigenvalue weighted by atomic mass is 16.5. The molecule has 1 N–H and O–H groups in total. The second-order valence-electron chi connectivity index (χ2n) is 4.54. The Morgan fingerprint density at radius 1 is 1.32 bits per heavy atom. The zero-order valence-electron chi connectivity index (χ0n) is 12.7. The second kappa shape index (κ2) is 9.65. The van der Waals surface area contributed by atoms with Crippen LogP contribution in [-0.2, 0) is 14.3 Å². The van der Waals surface area contributed by atoms with E-state index in [1.807, 2.05) is 12.1 Å². The predicted octanol–water partition coefficient (Wildman–Crippen LogP) is 1.98. The van der Waals surface area contributed by atoms with E-state index in [9.17, 15) is 9.59 Å². The first-order valence-electron chi connectivity index (χ1n) is 6.96. The third kappa shape index (κ3) is 6.47. The van der Waals surface area contributed by atoms with Gasteiger partial charge in [-0.2, -0.15) is 0 Å². The van der Waals surface area contributed by atoms with Crippen molar-refractivity contribution in [2.24, 2.45) is 0 Å². The zero-order chi connectivity index (χ0) is 16.4. The van der Waals surface area contributed by atoms with Crippen LogP contribution in [0.1, 0.15) is 12.5 Å². The summed E-state index contributed by atoms with van der Waals surface area (Å²) in [5.41, 5.74) is 1.01. The molecule has 2 rings (SSSR count). The number of ether oxygens (including phenoxy) is 2. The molecule has 0 radical (unpaired) electrons. The third-order valence-corrected chi connectivity index (χ3v) is 2.82. The van der Waals surface area contributed by atoms with E-state index in [-0.39, 0.29) is 17.9 Å². The van der Waals surface area contributed by atoms with Gasteiger partial charge in [-0.1, -0.05) is 31.4 Å². The van der Waals surface area contributed by atoms with E-state index in [0.717, 1.165) is 12.1 Å². The van der Waals surface area contributed by atoms with E-state index in [1.54, 1.807) is 18.2 Å². The lowest BCUT2D eigenvalue weighted by atomic mass is 10.2. The van der Waals surface area contributed by atoms with Crippen molar-refractivity contribution in [1.29, 1.82) is 0 Å². The Labute approximate surface area is 130 Å². The molecule has 1 heterocycles. The molecule has 0 bridgehead atoms. The highest BCUT2D eigenvalue weighted by Gasteiger charge is 2.18. The molecule has 1 aliphatic heterocycles. The van der Waals surface area contributed by atoms with Crippen molar-refractivity contribution in [2.75, 3.05) is 19.7 Å². The highest BCUT2D eigenvalue weighted by molar-refractivity contribution is 5.93. The summed E-state index contributed by atoms with van der Waals surface area (Å²) in [6, 6.07) is 7.15. The molecule has 1 aromatic carbocycles. The lowest BCUT2D eigenvalue weighted by Crippen LogP contribution is -2.42. The minimum absolute atomic E-state index is 0.0350. The van der Waals surface area contributed by atoms with Crippen LogP contribution in [0.25, 0.3) is 6.08 Å².